The highest BCUT2D eigenvalue weighted by atomic mass is 16.4. The number of nitrogens with one attached hydrogen (secondary N) is 1. The molecule has 0 radical (unpaired) electrons. The van der Waals surface area contributed by atoms with Gasteiger partial charge >= 0.3 is 5.97 Å². The van der Waals surface area contributed by atoms with Crippen LogP contribution in [-0.4, -0.2) is 34.3 Å². The van der Waals surface area contributed by atoms with Gasteiger partial charge in [0.15, 0.2) is 0 Å². The molecule has 6 nitrogen and oxygen atoms in total. The van der Waals surface area contributed by atoms with E-state index in [1.165, 1.54) is 0 Å². The average Bonchev–Trinajstić information content (AvgIpc) is 3.13. The maximum Gasteiger partial charge on any atom is 0.307 e. The van der Waals surface area contributed by atoms with Crippen LogP contribution in [0.3, 0.4) is 0 Å². The number of aliphatic carboxylic acids is 1. The number of carbonyl (C=O) groups excluding carboxylic acids is 2. The third-order valence-corrected chi connectivity index (χ3v) is 5.37. The van der Waals surface area contributed by atoms with Gasteiger partial charge in [-0.3, -0.25) is 14.4 Å². The molecule has 6 heteroatoms. The Hall–Kier alpha value is -2.37. The third kappa shape index (κ3) is 3.52. The summed E-state index contributed by atoms with van der Waals surface area (Å²) in [4.78, 5) is 37.4. The summed E-state index contributed by atoms with van der Waals surface area (Å²) >= 11 is 0. The molecule has 0 spiro atoms. The summed E-state index contributed by atoms with van der Waals surface area (Å²) < 4.78 is 0. The molecule has 1 aromatic rings. The lowest BCUT2D eigenvalue weighted by Gasteiger charge is -2.26. The highest BCUT2D eigenvalue weighted by Crippen LogP contribution is 2.58. The van der Waals surface area contributed by atoms with E-state index in [-0.39, 0.29) is 11.8 Å². The highest BCUT2D eigenvalue weighted by molar-refractivity contribution is 5.99. The van der Waals surface area contributed by atoms with Crippen molar-refractivity contribution in [2.24, 2.45) is 17.3 Å². The number of carboxylic acid groups (broad SMARTS) is 1. The van der Waals surface area contributed by atoms with Gasteiger partial charge in [-0.05, 0) is 36.0 Å². The lowest BCUT2D eigenvalue weighted by Crippen LogP contribution is -2.34. The van der Waals surface area contributed by atoms with E-state index in [1.54, 1.807) is 19.9 Å². The van der Waals surface area contributed by atoms with Crippen molar-refractivity contribution in [1.29, 1.82) is 0 Å². The van der Waals surface area contributed by atoms with Gasteiger partial charge in [0.25, 0.3) is 0 Å². The van der Waals surface area contributed by atoms with Crippen LogP contribution in [0, 0.1) is 17.3 Å². The number of carbonyl (C=O) groups is 3. The molecular weight excluding hydrogens is 320 g/mol. The number of likely N-dealkylation sites (tertiary alicyclic amines) is 1. The first-order valence-electron chi connectivity index (χ1n) is 8.71. The van der Waals surface area contributed by atoms with Crippen molar-refractivity contribution < 1.29 is 19.5 Å². The van der Waals surface area contributed by atoms with E-state index in [0.29, 0.717) is 18.7 Å². The predicted molar refractivity (Wildman–Crippen MR) is 92.7 cm³/mol. The van der Waals surface area contributed by atoms with Crippen LogP contribution >= 0.6 is 0 Å². The van der Waals surface area contributed by atoms with E-state index in [4.69, 9.17) is 0 Å². The molecule has 134 valence electrons. The van der Waals surface area contributed by atoms with Gasteiger partial charge < -0.3 is 15.3 Å². The molecule has 1 aromatic carbocycles. The number of amides is 2. The molecule has 2 aliphatic rings. The molecule has 2 atom stereocenters. The second-order valence-electron chi connectivity index (χ2n) is 7.58. The van der Waals surface area contributed by atoms with E-state index in [9.17, 15) is 19.5 Å². The molecule has 0 unspecified atom stereocenters. The number of hydrogen-bond donors (Lipinski definition) is 2. The number of piperidine rings is 1. The van der Waals surface area contributed by atoms with Crippen LogP contribution in [0.4, 0.5) is 5.69 Å². The molecule has 1 aliphatic carbocycles. The van der Waals surface area contributed by atoms with E-state index in [0.717, 1.165) is 24.9 Å². The monoisotopic (exact) mass is 344 g/mol. The Morgan fingerprint density at radius 3 is 2.68 bits per heavy atom. The number of nitrogens with zero attached hydrogens (tertiary/aromatic N) is 1. The molecule has 1 saturated carbocycles. The van der Waals surface area contributed by atoms with Crippen molar-refractivity contribution in [2.45, 2.75) is 39.7 Å². The molecule has 1 saturated heterocycles. The smallest absolute Gasteiger partial charge is 0.307 e. The fraction of sp³-hybridized carbons (Fsp3) is 0.526. The van der Waals surface area contributed by atoms with Gasteiger partial charge in [0, 0.05) is 25.2 Å². The fourth-order valence-electron chi connectivity index (χ4n) is 3.80. The molecular formula is C19H24N2O4. The first kappa shape index (κ1) is 17.5. The Balaban J connectivity index is 1.65. The van der Waals surface area contributed by atoms with Crippen LogP contribution in [0.15, 0.2) is 24.3 Å². The molecule has 0 bridgehead atoms. The Labute approximate surface area is 147 Å². The average molecular weight is 344 g/mol. The van der Waals surface area contributed by atoms with E-state index < -0.39 is 23.2 Å². The lowest BCUT2D eigenvalue weighted by molar-refractivity contribution is -0.140. The van der Waals surface area contributed by atoms with Gasteiger partial charge in [0.05, 0.1) is 11.8 Å². The second kappa shape index (κ2) is 6.50. The first-order valence-corrected chi connectivity index (χ1v) is 8.71. The quantitative estimate of drug-likeness (QED) is 0.859. The summed E-state index contributed by atoms with van der Waals surface area (Å²) in [6, 6.07) is 7.40. The lowest BCUT2D eigenvalue weighted by atomic mass is 10.1. The minimum atomic E-state index is -0.928. The number of rotatable bonds is 5. The van der Waals surface area contributed by atoms with Crippen molar-refractivity contribution in [2.75, 3.05) is 11.9 Å². The number of carboxylic acids is 1. The summed E-state index contributed by atoms with van der Waals surface area (Å²) in [5.41, 5.74) is 1.07. The summed E-state index contributed by atoms with van der Waals surface area (Å²) in [5.74, 6) is -2.17. The van der Waals surface area contributed by atoms with E-state index in [2.05, 4.69) is 5.32 Å². The maximum absolute atomic E-state index is 12.4. The fourth-order valence-corrected chi connectivity index (χ4v) is 3.80. The topological polar surface area (TPSA) is 86.7 Å². The molecule has 1 heterocycles. The minimum Gasteiger partial charge on any atom is -0.481 e. The second-order valence-corrected chi connectivity index (χ2v) is 7.58. The van der Waals surface area contributed by atoms with Crippen molar-refractivity contribution in [3.63, 3.8) is 0 Å². The largest absolute Gasteiger partial charge is 0.481 e. The zero-order valence-corrected chi connectivity index (χ0v) is 14.6. The standard InChI is InChI=1S/C19H24N2O4/c1-19(2)15(16(19)18(24)25)17(23)20-13-7-5-6-12(10-13)11-21-9-4-3-8-14(21)22/h5-7,10,15-16H,3-4,8-9,11H2,1-2H3,(H,20,23)(H,24,25)/t15-,16+/m1/s1. The van der Waals surface area contributed by atoms with Gasteiger partial charge in [0.2, 0.25) is 11.8 Å². The summed E-state index contributed by atoms with van der Waals surface area (Å²) in [7, 11) is 0. The molecule has 25 heavy (non-hydrogen) atoms. The molecule has 3 rings (SSSR count). The predicted octanol–water partition coefficient (Wildman–Crippen LogP) is 2.49. The van der Waals surface area contributed by atoms with Gasteiger partial charge in [-0.1, -0.05) is 26.0 Å². The van der Waals surface area contributed by atoms with Gasteiger partial charge in [-0.15, -0.1) is 0 Å². The van der Waals surface area contributed by atoms with Gasteiger partial charge in [-0.2, -0.15) is 0 Å². The number of benzene rings is 1. The van der Waals surface area contributed by atoms with Gasteiger partial charge in [0.1, 0.15) is 0 Å². The Kier molecular flexibility index (Phi) is 4.54. The minimum absolute atomic E-state index is 0.171. The zero-order valence-electron chi connectivity index (χ0n) is 14.6. The van der Waals surface area contributed by atoms with E-state index >= 15 is 0 Å². The van der Waals surface area contributed by atoms with Crippen LogP contribution in [0.2, 0.25) is 0 Å². The van der Waals surface area contributed by atoms with Crippen molar-refractivity contribution in [3.8, 4) is 0 Å². The SMILES string of the molecule is CC1(C)[C@H](C(=O)O)[C@@H]1C(=O)Nc1cccc(CN2CCCCC2=O)c1. The van der Waals surface area contributed by atoms with E-state index in [1.807, 2.05) is 23.1 Å². The van der Waals surface area contributed by atoms with Crippen molar-refractivity contribution in [1.82, 2.24) is 4.90 Å². The van der Waals surface area contributed by atoms with Crippen LogP contribution < -0.4 is 5.32 Å². The molecule has 2 amide bonds. The summed E-state index contributed by atoms with van der Waals surface area (Å²) in [6.07, 6.45) is 2.58. The Morgan fingerprint density at radius 2 is 2.04 bits per heavy atom. The zero-order chi connectivity index (χ0) is 18.2. The molecule has 1 aliphatic heterocycles. The van der Waals surface area contributed by atoms with Crippen LogP contribution in [0.1, 0.15) is 38.7 Å². The maximum atomic E-state index is 12.4. The summed E-state index contributed by atoms with van der Waals surface area (Å²) in [6.45, 7) is 4.91. The number of hydrogen-bond acceptors (Lipinski definition) is 3. The third-order valence-electron chi connectivity index (χ3n) is 5.37. The first-order chi connectivity index (χ1) is 11.8. The molecule has 2 N–H and O–H groups in total. The normalized spacial score (nSPS) is 24.7. The molecule has 0 aromatic heterocycles. The Bertz CT molecular complexity index is 713. The van der Waals surface area contributed by atoms with Crippen LogP contribution in [0.5, 0.6) is 0 Å². The number of anilines is 1. The summed E-state index contributed by atoms with van der Waals surface area (Å²) in [5, 5.41) is 12.0. The van der Waals surface area contributed by atoms with Crippen LogP contribution in [0.25, 0.3) is 0 Å². The van der Waals surface area contributed by atoms with Crippen molar-refractivity contribution in [3.05, 3.63) is 29.8 Å². The highest BCUT2D eigenvalue weighted by Gasteiger charge is 2.65. The molecule has 2 fully saturated rings. The Morgan fingerprint density at radius 1 is 1.28 bits per heavy atom. The van der Waals surface area contributed by atoms with Gasteiger partial charge in [-0.25, -0.2) is 0 Å². The van der Waals surface area contributed by atoms with Crippen LogP contribution in [-0.2, 0) is 20.9 Å². The van der Waals surface area contributed by atoms with Crippen molar-refractivity contribution >= 4 is 23.5 Å².